The number of aromatic nitrogens is 2. The van der Waals surface area contributed by atoms with E-state index >= 15 is 0 Å². The molecule has 2 aromatic rings. The van der Waals surface area contributed by atoms with Crippen molar-refractivity contribution in [2.45, 2.75) is 33.2 Å². The highest BCUT2D eigenvalue weighted by molar-refractivity contribution is 5.66. The maximum absolute atomic E-state index is 10.1. The highest BCUT2D eigenvalue weighted by Gasteiger charge is 2.20. The van der Waals surface area contributed by atoms with Crippen molar-refractivity contribution in [3.05, 3.63) is 35.9 Å². The zero-order chi connectivity index (χ0) is 12.4. The third-order valence-corrected chi connectivity index (χ3v) is 2.89. The minimum atomic E-state index is 0.255. The molecule has 2 rings (SSSR count). The van der Waals surface area contributed by atoms with E-state index < -0.39 is 0 Å². The van der Waals surface area contributed by atoms with Crippen LogP contribution in [0.5, 0.6) is 5.88 Å². The first-order chi connectivity index (χ1) is 8.15. The Morgan fingerprint density at radius 2 is 1.88 bits per heavy atom. The summed E-state index contributed by atoms with van der Waals surface area (Å²) in [6.07, 6.45) is 0. The van der Waals surface area contributed by atoms with E-state index in [1.165, 1.54) is 0 Å². The van der Waals surface area contributed by atoms with E-state index in [1.54, 1.807) is 4.68 Å². The fourth-order valence-corrected chi connectivity index (χ4v) is 2.03. The highest BCUT2D eigenvalue weighted by Crippen LogP contribution is 2.35. The lowest BCUT2D eigenvalue weighted by molar-refractivity contribution is 0.398. The van der Waals surface area contributed by atoms with Crippen LogP contribution in [0.4, 0.5) is 0 Å². The summed E-state index contributed by atoms with van der Waals surface area (Å²) >= 11 is 0. The Bertz CT molecular complexity index is 500. The van der Waals surface area contributed by atoms with Gasteiger partial charge in [-0.3, -0.25) is 0 Å². The number of aryl methyl sites for hydroxylation is 1. The van der Waals surface area contributed by atoms with E-state index in [4.69, 9.17) is 0 Å². The number of hydrogen-bond donors (Lipinski definition) is 1. The van der Waals surface area contributed by atoms with E-state index in [-0.39, 0.29) is 5.92 Å². The van der Waals surface area contributed by atoms with E-state index in [0.717, 1.165) is 16.8 Å². The predicted molar refractivity (Wildman–Crippen MR) is 69.1 cm³/mol. The molecule has 0 aliphatic carbocycles. The third-order valence-electron chi connectivity index (χ3n) is 2.89. The molecule has 3 nitrogen and oxygen atoms in total. The van der Waals surface area contributed by atoms with Gasteiger partial charge in [-0.05, 0) is 12.8 Å². The maximum Gasteiger partial charge on any atom is 0.213 e. The molecule has 1 aromatic carbocycles. The van der Waals surface area contributed by atoms with Crippen molar-refractivity contribution in [3.8, 4) is 17.1 Å². The third kappa shape index (κ3) is 2.05. The Hall–Kier alpha value is -1.77. The zero-order valence-corrected chi connectivity index (χ0v) is 10.5. The van der Waals surface area contributed by atoms with Crippen molar-refractivity contribution in [2.24, 2.45) is 0 Å². The molecule has 90 valence electrons. The molecule has 0 amide bonds. The van der Waals surface area contributed by atoms with Crippen LogP contribution in [0.15, 0.2) is 30.3 Å². The van der Waals surface area contributed by atoms with Gasteiger partial charge in [0.05, 0.1) is 5.69 Å². The molecule has 1 aromatic heterocycles. The molecule has 0 spiro atoms. The van der Waals surface area contributed by atoms with Crippen LogP contribution in [-0.2, 0) is 6.54 Å². The van der Waals surface area contributed by atoms with Crippen molar-refractivity contribution in [2.75, 3.05) is 0 Å². The molecule has 0 saturated heterocycles. The first-order valence-electron chi connectivity index (χ1n) is 6.00. The molecular weight excluding hydrogens is 212 g/mol. The number of hydrogen-bond acceptors (Lipinski definition) is 2. The Kier molecular flexibility index (Phi) is 3.18. The maximum atomic E-state index is 10.1. The SMILES string of the molecule is CCn1nc(-c2ccccc2)c(C(C)C)c1O. The Morgan fingerprint density at radius 1 is 1.24 bits per heavy atom. The molecule has 0 bridgehead atoms. The van der Waals surface area contributed by atoms with Crippen molar-refractivity contribution in [3.63, 3.8) is 0 Å². The van der Waals surface area contributed by atoms with Crippen LogP contribution in [0, 0.1) is 0 Å². The van der Waals surface area contributed by atoms with Crippen molar-refractivity contribution in [1.82, 2.24) is 9.78 Å². The standard InChI is InChI=1S/C14H18N2O/c1-4-16-14(17)12(10(2)3)13(15-16)11-8-6-5-7-9-11/h5-10,17H,4H2,1-3H3. The molecule has 0 fully saturated rings. The molecule has 17 heavy (non-hydrogen) atoms. The lowest BCUT2D eigenvalue weighted by Crippen LogP contribution is -1.95. The first kappa shape index (κ1) is 11.7. The number of benzene rings is 1. The van der Waals surface area contributed by atoms with E-state index in [2.05, 4.69) is 18.9 Å². The van der Waals surface area contributed by atoms with Crippen LogP contribution < -0.4 is 0 Å². The van der Waals surface area contributed by atoms with E-state index in [9.17, 15) is 5.11 Å². The van der Waals surface area contributed by atoms with E-state index in [1.807, 2.05) is 37.3 Å². The molecule has 0 radical (unpaired) electrons. The highest BCUT2D eigenvalue weighted by atomic mass is 16.3. The minimum Gasteiger partial charge on any atom is -0.493 e. The summed E-state index contributed by atoms with van der Waals surface area (Å²) in [7, 11) is 0. The molecular formula is C14H18N2O. The monoisotopic (exact) mass is 230 g/mol. The Labute approximate surface area is 102 Å². The Balaban J connectivity index is 2.61. The van der Waals surface area contributed by atoms with Crippen LogP contribution in [0.3, 0.4) is 0 Å². The fourth-order valence-electron chi connectivity index (χ4n) is 2.03. The number of rotatable bonds is 3. The second kappa shape index (κ2) is 4.62. The first-order valence-corrected chi connectivity index (χ1v) is 6.00. The van der Waals surface area contributed by atoms with Crippen molar-refractivity contribution < 1.29 is 5.11 Å². The summed E-state index contributed by atoms with van der Waals surface area (Å²) in [5, 5.41) is 14.6. The van der Waals surface area contributed by atoms with Gasteiger partial charge in [0, 0.05) is 17.7 Å². The van der Waals surface area contributed by atoms with Gasteiger partial charge >= 0.3 is 0 Å². The smallest absolute Gasteiger partial charge is 0.213 e. The zero-order valence-electron chi connectivity index (χ0n) is 10.5. The Morgan fingerprint density at radius 3 is 2.41 bits per heavy atom. The van der Waals surface area contributed by atoms with Gasteiger partial charge in [-0.1, -0.05) is 44.2 Å². The second-order valence-corrected chi connectivity index (χ2v) is 4.42. The van der Waals surface area contributed by atoms with Gasteiger partial charge in [-0.25, -0.2) is 4.68 Å². The fraction of sp³-hybridized carbons (Fsp3) is 0.357. The summed E-state index contributed by atoms with van der Waals surface area (Å²) in [4.78, 5) is 0. The van der Waals surface area contributed by atoms with Crippen LogP contribution in [0.1, 0.15) is 32.3 Å². The summed E-state index contributed by atoms with van der Waals surface area (Å²) in [6, 6.07) is 10.00. The van der Waals surface area contributed by atoms with Gasteiger partial charge in [0.25, 0.3) is 0 Å². The quantitative estimate of drug-likeness (QED) is 0.877. The van der Waals surface area contributed by atoms with Crippen LogP contribution in [0.2, 0.25) is 0 Å². The molecule has 0 aliphatic heterocycles. The molecule has 0 saturated carbocycles. The largest absolute Gasteiger partial charge is 0.493 e. The molecule has 3 heteroatoms. The van der Waals surface area contributed by atoms with Gasteiger partial charge < -0.3 is 5.11 Å². The van der Waals surface area contributed by atoms with Gasteiger partial charge in [0.1, 0.15) is 0 Å². The van der Waals surface area contributed by atoms with Gasteiger partial charge in [0.2, 0.25) is 5.88 Å². The summed E-state index contributed by atoms with van der Waals surface area (Å²) in [5.41, 5.74) is 2.87. The molecule has 0 unspecified atom stereocenters. The molecule has 0 atom stereocenters. The summed E-state index contributed by atoms with van der Waals surface area (Å²) < 4.78 is 1.65. The average Bonchev–Trinajstić information content (AvgIpc) is 2.67. The average molecular weight is 230 g/mol. The predicted octanol–water partition coefficient (Wildman–Crippen LogP) is 3.40. The van der Waals surface area contributed by atoms with Crippen LogP contribution in [0.25, 0.3) is 11.3 Å². The van der Waals surface area contributed by atoms with Crippen LogP contribution >= 0.6 is 0 Å². The second-order valence-electron chi connectivity index (χ2n) is 4.42. The normalized spacial score (nSPS) is 11.1. The topological polar surface area (TPSA) is 38.0 Å². The summed E-state index contributed by atoms with van der Waals surface area (Å²) in [6.45, 7) is 6.80. The van der Waals surface area contributed by atoms with Gasteiger partial charge in [-0.15, -0.1) is 0 Å². The minimum absolute atomic E-state index is 0.255. The number of nitrogens with zero attached hydrogens (tertiary/aromatic N) is 2. The van der Waals surface area contributed by atoms with E-state index in [0.29, 0.717) is 12.4 Å². The lowest BCUT2D eigenvalue weighted by atomic mass is 9.99. The van der Waals surface area contributed by atoms with Crippen LogP contribution in [-0.4, -0.2) is 14.9 Å². The lowest BCUT2D eigenvalue weighted by Gasteiger charge is -2.06. The van der Waals surface area contributed by atoms with Crippen molar-refractivity contribution in [1.29, 1.82) is 0 Å². The number of aromatic hydroxyl groups is 1. The summed E-state index contributed by atoms with van der Waals surface area (Å²) in [5.74, 6) is 0.548. The molecule has 0 aliphatic rings. The van der Waals surface area contributed by atoms with Gasteiger partial charge in [-0.2, -0.15) is 5.10 Å². The molecule has 1 N–H and O–H groups in total. The van der Waals surface area contributed by atoms with Crippen molar-refractivity contribution >= 4 is 0 Å². The molecule has 1 heterocycles. The van der Waals surface area contributed by atoms with Gasteiger partial charge in [0.15, 0.2) is 0 Å².